The summed E-state index contributed by atoms with van der Waals surface area (Å²) in [7, 11) is 0. The molecule has 6 aliphatic rings. The fourth-order valence-corrected chi connectivity index (χ4v) is 8.25. The molecular formula is C32H42N4O6. The number of rotatable bonds is 10. The minimum Gasteiger partial charge on any atom is -0.467 e. The van der Waals surface area contributed by atoms with Gasteiger partial charge in [-0.1, -0.05) is 6.07 Å². The summed E-state index contributed by atoms with van der Waals surface area (Å²) in [6.07, 6.45) is 8.79. The molecule has 0 unspecified atom stereocenters. The Bertz CT molecular complexity index is 1220. The van der Waals surface area contributed by atoms with Gasteiger partial charge in [-0.15, -0.1) is 0 Å². The third-order valence-corrected chi connectivity index (χ3v) is 9.90. The van der Waals surface area contributed by atoms with Crippen molar-refractivity contribution in [1.82, 2.24) is 20.0 Å². The molecule has 10 nitrogen and oxygen atoms in total. The third kappa shape index (κ3) is 6.10. The number of ether oxygens (including phenoxy) is 3. The number of urea groups is 1. The number of morpholine rings is 1. The van der Waals surface area contributed by atoms with Gasteiger partial charge >= 0.3 is 6.03 Å². The first kappa shape index (κ1) is 27.6. The van der Waals surface area contributed by atoms with Crippen molar-refractivity contribution in [3.8, 4) is 11.5 Å². The minimum absolute atomic E-state index is 0.00774. The van der Waals surface area contributed by atoms with Crippen LogP contribution < -0.4 is 14.8 Å². The van der Waals surface area contributed by atoms with E-state index in [0.29, 0.717) is 56.7 Å². The number of amides is 3. The van der Waals surface area contributed by atoms with E-state index >= 15 is 0 Å². The molecule has 8 rings (SSSR count). The predicted molar refractivity (Wildman–Crippen MR) is 154 cm³/mol. The van der Waals surface area contributed by atoms with Crippen molar-refractivity contribution in [2.75, 3.05) is 52.7 Å². The molecular weight excluding hydrogens is 536 g/mol. The van der Waals surface area contributed by atoms with Gasteiger partial charge in [-0.05, 0) is 86.1 Å². The number of fused-ring (bicyclic) bond motifs is 1. The smallest absolute Gasteiger partial charge is 0.318 e. The van der Waals surface area contributed by atoms with Crippen LogP contribution in [0.25, 0.3) is 0 Å². The number of furan rings is 1. The normalized spacial score (nSPS) is 27.7. The van der Waals surface area contributed by atoms with E-state index in [1.165, 1.54) is 19.3 Å². The molecule has 1 aromatic heterocycles. The molecule has 3 amide bonds. The number of hydrogen-bond donors (Lipinski definition) is 1. The molecule has 226 valence electrons. The zero-order valence-corrected chi connectivity index (χ0v) is 24.3. The number of nitrogens with one attached hydrogen (secondary N) is 1. The maximum Gasteiger partial charge on any atom is 0.318 e. The Morgan fingerprint density at radius 2 is 1.67 bits per heavy atom. The van der Waals surface area contributed by atoms with Gasteiger partial charge in [0, 0.05) is 38.3 Å². The van der Waals surface area contributed by atoms with E-state index in [0.717, 1.165) is 55.7 Å². The van der Waals surface area contributed by atoms with E-state index in [1.807, 2.05) is 30.3 Å². The zero-order valence-electron chi connectivity index (χ0n) is 24.3. The van der Waals surface area contributed by atoms with Gasteiger partial charge in [0.05, 0.1) is 26.0 Å². The molecule has 4 aliphatic carbocycles. The van der Waals surface area contributed by atoms with Gasteiger partial charge < -0.3 is 33.7 Å². The molecule has 10 heteroatoms. The van der Waals surface area contributed by atoms with E-state index in [9.17, 15) is 9.59 Å². The lowest BCUT2D eigenvalue weighted by atomic mass is 9.53. The molecule has 1 aromatic carbocycles. The summed E-state index contributed by atoms with van der Waals surface area (Å²) in [5.74, 6) is 4.15. The minimum atomic E-state index is -0.119. The molecule has 1 N–H and O–H groups in total. The van der Waals surface area contributed by atoms with Gasteiger partial charge in [0.2, 0.25) is 12.7 Å². The largest absolute Gasteiger partial charge is 0.467 e. The molecule has 0 atom stereocenters. The Hall–Kier alpha value is -3.24. The van der Waals surface area contributed by atoms with Crippen LogP contribution in [0.4, 0.5) is 4.79 Å². The van der Waals surface area contributed by atoms with E-state index in [4.69, 9.17) is 18.6 Å². The number of carbonyl (C=O) groups excluding carboxylic acids is 2. The van der Waals surface area contributed by atoms with Gasteiger partial charge in [-0.2, -0.15) is 0 Å². The molecule has 2 aliphatic heterocycles. The Balaban J connectivity index is 1.08. The zero-order chi connectivity index (χ0) is 28.5. The lowest BCUT2D eigenvalue weighted by molar-refractivity contribution is -0.133. The number of benzene rings is 1. The lowest BCUT2D eigenvalue weighted by Gasteiger charge is -2.57. The fourth-order valence-electron chi connectivity index (χ4n) is 8.25. The second-order valence-electron chi connectivity index (χ2n) is 13.0. The molecule has 2 aromatic rings. The molecule has 0 spiro atoms. The highest BCUT2D eigenvalue weighted by atomic mass is 16.7. The van der Waals surface area contributed by atoms with Crippen LogP contribution in [0.5, 0.6) is 11.5 Å². The Labute approximate surface area is 247 Å². The van der Waals surface area contributed by atoms with Crippen LogP contribution in [0.15, 0.2) is 41.0 Å². The summed E-state index contributed by atoms with van der Waals surface area (Å²) in [6.45, 7) is 5.17. The first-order valence-corrected chi connectivity index (χ1v) is 15.6. The average Bonchev–Trinajstić information content (AvgIpc) is 3.66. The molecule has 3 heterocycles. The molecule has 0 radical (unpaired) electrons. The number of carbonyl (C=O) groups is 2. The van der Waals surface area contributed by atoms with E-state index in [2.05, 4.69) is 10.2 Å². The molecule has 1 saturated heterocycles. The predicted octanol–water partition coefficient (Wildman–Crippen LogP) is 3.85. The van der Waals surface area contributed by atoms with Crippen LogP contribution in [0.1, 0.15) is 49.8 Å². The summed E-state index contributed by atoms with van der Waals surface area (Å²) in [5, 5.41) is 3.50. The van der Waals surface area contributed by atoms with Crippen LogP contribution in [0, 0.1) is 17.8 Å². The Morgan fingerprint density at radius 3 is 2.38 bits per heavy atom. The van der Waals surface area contributed by atoms with Crippen molar-refractivity contribution in [3.05, 3.63) is 47.9 Å². The van der Waals surface area contributed by atoms with Crippen LogP contribution in [0.2, 0.25) is 0 Å². The van der Waals surface area contributed by atoms with E-state index in [1.54, 1.807) is 16.1 Å². The summed E-state index contributed by atoms with van der Waals surface area (Å²) in [5.41, 5.74) is 0.809. The molecule has 5 fully saturated rings. The lowest BCUT2D eigenvalue weighted by Crippen LogP contribution is -2.62. The van der Waals surface area contributed by atoms with Gasteiger partial charge in [0.25, 0.3) is 0 Å². The summed E-state index contributed by atoms with van der Waals surface area (Å²) < 4.78 is 22.2. The van der Waals surface area contributed by atoms with Crippen molar-refractivity contribution in [1.29, 1.82) is 0 Å². The topological polar surface area (TPSA) is 96.7 Å². The van der Waals surface area contributed by atoms with Crippen LogP contribution in [-0.4, -0.2) is 84.9 Å². The summed E-state index contributed by atoms with van der Waals surface area (Å²) in [6, 6.07) is 9.33. The summed E-state index contributed by atoms with van der Waals surface area (Å²) in [4.78, 5) is 33.8. The SMILES string of the molecule is O=C(CN(CCN1CCOCC1)C(=O)NC12CC3CC(CC(C3)C1)C2)N(Cc1ccc2c(c1)OCO2)Cc1ccco1. The van der Waals surface area contributed by atoms with Crippen molar-refractivity contribution in [2.45, 2.75) is 57.2 Å². The Kier molecular flexibility index (Phi) is 7.75. The molecule has 4 bridgehead atoms. The first-order chi connectivity index (χ1) is 20.5. The quantitative estimate of drug-likeness (QED) is 0.458. The second kappa shape index (κ2) is 11.8. The fraction of sp³-hybridized carbons (Fsp3) is 0.625. The van der Waals surface area contributed by atoms with Crippen molar-refractivity contribution < 1.29 is 28.2 Å². The van der Waals surface area contributed by atoms with Crippen molar-refractivity contribution >= 4 is 11.9 Å². The summed E-state index contributed by atoms with van der Waals surface area (Å²) >= 11 is 0. The maximum atomic E-state index is 14.0. The standard InChI is InChI=1S/C32H42N4O6/c37-30(36(20-27-2-1-9-40-27)19-23-3-4-28-29(15-23)42-22-41-28)21-35(6-5-34-7-10-39-11-8-34)31(38)33-32-16-24-12-25(17-32)14-26(13-24)18-32/h1-4,9,15,24-26H,5-8,10-14,16-22H2,(H,33,38). The van der Waals surface area contributed by atoms with Gasteiger partial charge in [-0.3, -0.25) is 9.69 Å². The second-order valence-corrected chi connectivity index (χ2v) is 13.0. The number of nitrogens with zero attached hydrogens (tertiary/aromatic N) is 3. The number of hydrogen-bond acceptors (Lipinski definition) is 7. The monoisotopic (exact) mass is 578 g/mol. The van der Waals surface area contributed by atoms with Gasteiger partial charge in [0.1, 0.15) is 12.3 Å². The van der Waals surface area contributed by atoms with E-state index < -0.39 is 0 Å². The van der Waals surface area contributed by atoms with Crippen molar-refractivity contribution in [2.24, 2.45) is 17.8 Å². The van der Waals surface area contributed by atoms with E-state index in [-0.39, 0.29) is 30.8 Å². The highest BCUT2D eigenvalue weighted by molar-refractivity contribution is 5.84. The maximum absolute atomic E-state index is 14.0. The first-order valence-electron chi connectivity index (χ1n) is 15.6. The molecule has 42 heavy (non-hydrogen) atoms. The Morgan fingerprint density at radius 1 is 0.929 bits per heavy atom. The van der Waals surface area contributed by atoms with Gasteiger partial charge in [-0.25, -0.2) is 4.79 Å². The molecule has 4 saturated carbocycles. The third-order valence-electron chi connectivity index (χ3n) is 9.90. The van der Waals surface area contributed by atoms with Crippen molar-refractivity contribution in [3.63, 3.8) is 0 Å². The van der Waals surface area contributed by atoms with Crippen LogP contribution in [-0.2, 0) is 22.6 Å². The van der Waals surface area contributed by atoms with Crippen LogP contribution >= 0.6 is 0 Å². The highest BCUT2D eigenvalue weighted by Crippen LogP contribution is 2.55. The van der Waals surface area contributed by atoms with Gasteiger partial charge in [0.15, 0.2) is 11.5 Å². The highest BCUT2D eigenvalue weighted by Gasteiger charge is 2.52. The van der Waals surface area contributed by atoms with Crippen LogP contribution in [0.3, 0.4) is 0 Å². The average molecular weight is 579 g/mol.